The number of carbonyl (C=O) groups is 2. The van der Waals surface area contributed by atoms with Crippen LogP contribution in [0.15, 0.2) is 11.6 Å². The molecule has 4 aliphatic rings. The molecule has 0 aromatic carbocycles. The predicted molar refractivity (Wildman–Crippen MR) is 78.6 cm³/mol. The van der Waals surface area contributed by atoms with Crippen LogP contribution >= 0.6 is 0 Å². The summed E-state index contributed by atoms with van der Waals surface area (Å²) in [5, 5.41) is 11.3. The Bertz CT molecular complexity index is 549. The zero-order valence-electron chi connectivity index (χ0n) is 12.7. The van der Waals surface area contributed by atoms with E-state index in [2.05, 4.69) is 6.92 Å². The molecule has 3 fully saturated rings. The van der Waals surface area contributed by atoms with Crippen LogP contribution in [0.4, 0.5) is 0 Å². The molecule has 114 valence electrons. The SMILES string of the molecule is C[C@]12CC[C@@H]3[C@H](CCC4=CC(=O)CC[C@@]43O)[C@H]1CCC2=O. The van der Waals surface area contributed by atoms with Gasteiger partial charge in [-0.15, -0.1) is 0 Å². The zero-order valence-corrected chi connectivity index (χ0v) is 12.7. The summed E-state index contributed by atoms with van der Waals surface area (Å²) in [6.07, 6.45) is 8.25. The van der Waals surface area contributed by atoms with Gasteiger partial charge in [0.25, 0.3) is 0 Å². The van der Waals surface area contributed by atoms with Crippen molar-refractivity contribution in [1.29, 1.82) is 0 Å². The number of hydrogen-bond donors (Lipinski definition) is 1. The lowest BCUT2D eigenvalue weighted by Crippen LogP contribution is -2.55. The highest BCUT2D eigenvalue weighted by atomic mass is 16.3. The fourth-order valence-corrected chi connectivity index (χ4v) is 5.95. The number of fused-ring (bicyclic) bond motifs is 5. The monoisotopic (exact) mass is 288 g/mol. The Morgan fingerprint density at radius 2 is 1.86 bits per heavy atom. The first kappa shape index (κ1) is 13.7. The summed E-state index contributed by atoms with van der Waals surface area (Å²) >= 11 is 0. The summed E-state index contributed by atoms with van der Waals surface area (Å²) < 4.78 is 0. The molecule has 4 aliphatic carbocycles. The lowest BCUT2D eigenvalue weighted by atomic mass is 9.51. The molecule has 0 bridgehead atoms. The largest absolute Gasteiger partial charge is 0.385 e. The number of carbonyl (C=O) groups excluding carboxylic acids is 2. The average molecular weight is 288 g/mol. The van der Waals surface area contributed by atoms with E-state index in [1.807, 2.05) is 0 Å². The summed E-state index contributed by atoms with van der Waals surface area (Å²) in [6.45, 7) is 2.16. The van der Waals surface area contributed by atoms with E-state index in [-0.39, 0.29) is 17.1 Å². The third-order valence-corrected chi connectivity index (χ3v) is 7.15. The standard InChI is InChI=1S/C18H24O3/c1-17-8-7-15-13(14(17)4-5-16(17)20)3-2-11-10-12(19)6-9-18(11,15)21/h10,13-15,21H,2-9H2,1H3/t13-,14-,15-,17+,18-/m1/s1. The van der Waals surface area contributed by atoms with Gasteiger partial charge in [-0.25, -0.2) is 0 Å². The first-order valence-electron chi connectivity index (χ1n) is 8.45. The van der Waals surface area contributed by atoms with E-state index in [1.165, 1.54) is 0 Å². The van der Waals surface area contributed by atoms with Crippen LogP contribution in [0.5, 0.6) is 0 Å². The van der Waals surface area contributed by atoms with Gasteiger partial charge in [-0.05, 0) is 67.9 Å². The number of hydrogen-bond acceptors (Lipinski definition) is 3. The highest BCUT2D eigenvalue weighted by Crippen LogP contribution is 2.61. The van der Waals surface area contributed by atoms with Crippen molar-refractivity contribution in [1.82, 2.24) is 0 Å². The van der Waals surface area contributed by atoms with E-state index in [9.17, 15) is 14.7 Å². The Morgan fingerprint density at radius 1 is 1.05 bits per heavy atom. The minimum Gasteiger partial charge on any atom is -0.385 e. The van der Waals surface area contributed by atoms with Crippen molar-refractivity contribution in [3.63, 3.8) is 0 Å². The second-order valence-electron chi connectivity index (χ2n) is 7.89. The summed E-state index contributed by atoms with van der Waals surface area (Å²) in [4.78, 5) is 24.0. The van der Waals surface area contributed by atoms with Crippen LogP contribution in [0.1, 0.15) is 58.3 Å². The van der Waals surface area contributed by atoms with Gasteiger partial charge in [-0.1, -0.05) is 6.92 Å². The Labute approximate surface area is 125 Å². The van der Waals surface area contributed by atoms with Crippen molar-refractivity contribution in [2.75, 3.05) is 0 Å². The van der Waals surface area contributed by atoms with E-state index in [0.717, 1.165) is 44.1 Å². The molecule has 0 heterocycles. The Balaban J connectivity index is 1.70. The van der Waals surface area contributed by atoms with Crippen molar-refractivity contribution < 1.29 is 14.7 Å². The highest BCUT2D eigenvalue weighted by molar-refractivity contribution is 5.92. The Morgan fingerprint density at radius 3 is 2.67 bits per heavy atom. The number of Topliss-reactive ketones (excluding diaryl/α,β-unsaturated/α-hetero) is 1. The van der Waals surface area contributed by atoms with E-state index >= 15 is 0 Å². The normalized spacial score (nSPS) is 49.2. The molecule has 4 rings (SSSR count). The van der Waals surface area contributed by atoms with E-state index < -0.39 is 5.60 Å². The molecular weight excluding hydrogens is 264 g/mol. The quantitative estimate of drug-likeness (QED) is 0.745. The van der Waals surface area contributed by atoms with Crippen molar-refractivity contribution in [2.45, 2.75) is 63.9 Å². The van der Waals surface area contributed by atoms with Crippen molar-refractivity contribution in [3.05, 3.63) is 11.6 Å². The molecule has 0 amide bonds. The maximum atomic E-state index is 12.3. The second-order valence-corrected chi connectivity index (χ2v) is 7.89. The second kappa shape index (κ2) is 4.28. The number of aliphatic hydroxyl groups is 1. The predicted octanol–water partition coefficient (Wildman–Crippen LogP) is 2.81. The molecule has 0 radical (unpaired) electrons. The van der Waals surface area contributed by atoms with Gasteiger partial charge in [-0.3, -0.25) is 9.59 Å². The molecule has 1 N–H and O–H groups in total. The molecule has 21 heavy (non-hydrogen) atoms. The van der Waals surface area contributed by atoms with Crippen molar-refractivity contribution in [3.8, 4) is 0 Å². The topological polar surface area (TPSA) is 54.4 Å². The summed E-state index contributed by atoms with van der Waals surface area (Å²) in [5.74, 6) is 1.79. The first-order chi connectivity index (χ1) is 9.95. The molecule has 0 saturated heterocycles. The highest BCUT2D eigenvalue weighted by Gasteiger charge is 2.59. The van der Waals surface area contributed by atoms with Gasteiger partial charge in [0.1, 0.15) is 5.78 Å². The minimum atomic E-state index is -0.760. The van der Waals surface area contributed by atoms with Crippen LogP contribution < -0.4 is 0 Å². The van der Waals surface area contributed by atoms with Crippen LogP contribution in [0.2, 0.25) is 0 Å². The van der Waals surface area contributed by atoms with Gasteiger partial charge < -0.3 is 5.11 Å². The maximum absolute atomic E-state index is 12.3. The van der Waals surface area contributed by atoms with Gasteiger partial charge in [0, 0.05) is 18.3 Å². The Hall–Kier alpha value is -0.960. The van der Waals surface area contributed by atoms with Gasteiger partial charge in [-0.2, -0.15) is 0 Å². The molecule has 0 aliphatic heterocycles. The fourth-order valence-electron chi connectivity index (χ4n) is 5.95. The average Bonchev–Trinajstić information content (AvgIpc) is 2.76. The molecule has 3 nitrogen and oxygen atoms in total. The molecule has 0 aromatic heterocycles. The lowest BCUT2D eigenvalue weighted by molar-refractivity contribution is -0.138. The number of rotatable bonds is 0. The molecule has 3 saturated carbocycles. The third-order valence-electron chi connectivity index (χ3n) is 7.15. The van der Waals surface area contributed by atoms with Gasteiger partial charge in [0.05, 0.1) is 5.60 Å². The molecular formula is C18H24O3. The molecule has 5 atom stereocenters. The minimum absolute atomic E-state index is 0.136. The summed E-state index contributed by atoms with van der Waals surface area (Å²) in [7, 11) is 0. The van der Waals surface area contributed by atoms with Gasteiger partial charge >= 0.3 is 0 Å². The molecule has 0 spiro atoms. The first-order valence-corrected chi connectivity index (χ1v) is 8.45. The Kier molecular flexibility index (Phi) is 2.79. The van der Waals surface area contributed by atoms with E-state index in [0.29, 0.717) is 30.5 Å². The molecule has 3 heteroatoms. The molecule has 0 aromatic rings. The fraction of sp³-hybridized carbons (Fsp3) is 0.778. The maximum Gasteiger partial charge on any atom is 0.155 e. The third kappa shape index (κ3) is 1.70. The van der Waals surface area contributed by atoms with Crippen molar-refractivity contribution >= 4 is 11.6 Å². The van der Waals surface area contributed by atoms with E-state index in [4.69, 9.17) is 0 Å². The summed E-state index contributed by atoms with van der Waals surface area (Å²) in [6, 6.07) is 0. The van der Waals surface area contributed by atoms with Gasteiger partial charge in [0.15, 0.2) is 5.78 Å². The zero-order chi connectivity index (χ0) is 14.8. The lowest BCUT2D eigenvalue weighted by Gasteiger charge is -2.55. The van der Waals surface area contributed by atoms with Crippen LogP contribution in [-0.2, 0) is 9.59 Å². The summed E-state index contributed by atoms with van der Waals surface area (Å²) in [5.41, 5.74) is 0.0838. The van der Waals surface area contributed by atoms with Crippen LogP contribution in [0.25, 0.3) is 0 Å². The molecule has 0 unspecified atom stereocenters. The van der Waals surface area contributed by atoms with E-state index in [1.54, 1.807) is 6.08 Å². The van der Waals surface area contributed by atoms with Crippen molar-refractivity contribution in [2.24, 2.45) is 23.2 Å². The van der Waals surface area contributed by atoms with Gasteiger partial charge in [0.2, 0.25) is 0 Å². The smallest absolute Gasteiger partial charge is 0.155 e. The van der Waals surface area contributed by atoms with Crippen LogP contribution in [0.3, 0.4) is 0 Å². The van der Waals surface area contributed by atoms with Crippen LogP contribution in [0, 0.1) is 23.2 Å². The van der Waals surface area contributed by atoms with Crippen LogP contribution in [-0.4, -0.2) is 22.3 Å². The number of ketones is 2.